The van der Waals surface area contributed by atoms with Crippen molar-refractivity contribution in [1.29, 1.82) is 0 Å². The molecule has 19 heteroatoms. The smallest absolute Gasteiger partial charge is 0.243 e. The van der Waals surface area contributed by atoms with Crippen molar-refractivity contribution in [3.05, 3.63) is 138 Å². The Hall–Kier alpha value is -5.54. The number of carbonyl (C=O) groups excluding carboxylic acids is 4. The Morgan fingerprint density at radius 2 is 1.08 bits per heavy atom. The largest absolute Gasteiger partial charge is 0.369 e. The monoisotopic (exact) mass is 947 g/mol. The molecule has 17 nitrogen and oxygen atoms in total. The lowest BCUT2D eigenvalue weighted by Crippen LogP contribution is -2.56. The van der Waals surface area contributed by atoms with Gasteiger partial charge >= 0.3 is 0 Å². The Bertz CT molecular complexity index is 2360. The Kier molecular flexibility index (Phi) is 21.4. The number of benzene rings is 4. The molecule has 4 atom stereocenters. The summed E-state index contributed by atoms with van der Waals surface area (Å²) in [5, 5.41) is 11.7. The van der Waals surface area contributed by atoms with Crippen molar-refractivity contribution in [3.63, 3.8) is 0 Å². The lowest BCUT2D eigenvalue weighted by molar-refractivity contribution is -0.129. The highest BCUT2D eigenvalue weighted by Crippen LogP contribution is 2.19. The van der Waals surface area contributed by atoms with E-state index in [0.717, 1.165) is 30.9 Å². The quantitative estimate of drug-likeness (QED) is 0.0377. The van der Waals surface area contributed by atoms with Gasteiger partial charge in [-0.2, -0.15) is 8.61 Å². The van der Waals surface area contributed by atoms with E-state index >= 15 is 0 Å². The fourth-order valence-corrected chi connectivity index (χ4v) is 10.1. The number of rotatable bonds is 29. The van der Waals surface area contributed by atoms with Gasteiger partial charge in [0, 0.05) is 31.7 Å². The number of sulfonamides is 2. The van der Waals surface area contributed by atoms with Crippen LogP contribution in [0.4, 0.5) is 0 Å². The maximum Gasteiger partial charge on any atom is 0.243 e. The second-order valence-corrected chi connectivity index (χ2v) is 20.2. The van der Waals surface area contributed by atoms with Gasteiger partial charge < -0.3 is 38.5 Å². The zero-order valence-corrected chi connectivity index (χ0v) is 39.3. The van der Waals surface area contributed by atoms with Gasteiger partial charge in [0.15, 0.2) is 0 Å². The van der Waals surface area contributed by atoms with Gasteiger partial charge in [0.05, 0.1) is 29.8 Å². The number of nitrogens with two attached hydrogens (primary N) is 3. The van der Waals surface area contributed by atoms with E-state index in [1.165, 1.54) is 12.1 Å². The molecule has 4 aromatic carbocycles. The van der Waals surface area contributed by atoms with Gasteiger partial charge in [-0.1, -0.05) is 109 Å². The first kappa shape index (κ1) is 53.1. The highest BCUT2D eigenvalue weighted by Gasteiger charge is 2.33. The van der Waals surface area contributed by atoms with E-state index in [0.29, 0.717) is 25.8 Å². The molecule has 4 aromatic rings. The molecule has 0 aliphatic rings. The molecule has 0 saturated heterocycles. The minimum Gasteiger partial charge on any atom is -0.369 e. The molecule has 4 rings (SSSR count). The van der Waals surface area contributed by atoms with Crippen LogP contribution < -0.4 is 38.5 Å². The number of nitrogens with zero attached hydrogens (tertiary/aromatic N) is 2. The van der Waals surface area contributed by atoms with Crippen LogP contribution in [0.1, 0.15) is 41.5 Å². The number of hydrogen-bond donors (Lipinski definition) is 7. The van der Waals surface area contributed by atoms with Gasteiger partial charge in [-0.05, 0) is 87.9 Å². The fourth-order valence-electron chi connectivity index (χ4n) is 7.39. The standard InChI is InChI=1S/C47H65N9O8S2/c1-35-21-23-41(24-22-35)66(63,64)56(33-44(50)57)32-40(29-37-16-8-4-9-17-37)52-46(59)42(20-12-13-25-48)54-45(58)34-55(65(61,62)27-26-49)31-39(28-36-14-6-3-7-15-36)53-47(60)43(51-2)30-38-18-10-5-11-19-38/h3-11,14-19,21-24,39-40,42-43,51H,12-13,20,25-34,48-49H2,1-2H3,(H2,50,57)(H,52,59)(H,53,60)(H,54,58)/t39?,40-,42-,43-/m0/s1. The van der Waals surface area contributed by atoms with Crippen LogP contribution in [0.2, 0.25) is 0 Å². The Morgan fingerprint density at radius 1 is 0.591 bits per heavy atom. The second-order valence-electron chi connectivity index (χ2n) is 16.2. The Morgan fingerprint density at radius 3 is 1.55 bits per heavy atom. The fraction of sp³-hybridized carbons (Fsp3) is 0.404. The van der Waals surface area contributed by atoms with E-state index in [2.05, 4.69) is 21.3 Å². The highest BCUT2D eigenvalue weighted by atomic mass is 32.2. The van der Waals surface area contributed by atoms with Crippen molar-refractivity contribution in [2.45, 2.75) is 74.5 Å². The van der Waals surface area contributed by atoms with Crippen molar-refractivity contribution >= 4 is 43.7 Å². The third-order valence-electron chi connectivity index (χ3n) is 10.8. The number of likely N-dealkylation sites (N-methyl/N-ethyl adjacent to an activating group) is 1. The molecule has 10 N–H and O–H groups in total. The molecule has 0 aliphatic heterocycles. The predicted molar refractivity (Wildman–Crippen MR) is 256 cm³/mol. The number of aryl methyl sites for hydroxylation is 1. The zero-order valence-electron chi connectivity index (χ0n) is 37.7. The number of hydrogen-bond acceptors (Lipinski definition) is 11. The normalized spacial score (nSPS) is 13.7. The summed E-state index contributed by atoms with van der Waals surface area (Å²) < 4.78 is 57.5. The van der Waals surface area contributed by atoms with Gasteiger partial charge in [-0.3, -0.25) is 19.2 Å². The third-order valence-corrected chi connectivity index (χ3v) is 14.5. The third kappa shape index (κ3) is 17.4. The molecule has 0 aromatic heterocycles. The molecule has 4 amide bonds. The first-order valence-corrected chi connectivity index (χ1v) is 25.0. The van der Waals surface area contributed by atoms with Crippen LogP contribution in [-0.4, -0.2) is 125 Å². The molecule has 0 saturated carbocycles. The molecule has 358 valence electrons. The first-order valence-electron chi connectivity index (χ1n) is 22.0. The predicted octanol–water partition coefficient (Wildman–Crippen LogP) is 0.961. The minimum atomic E-state index is -4.29. The summed E-state index contributed by atoms with van der Waals surface area (Å²) in [4.78, 5) is 54.4. The first-order chi connectivity index (χ1) is 31.5. The summed E-state index contributed by atoms with van der Waals surface area (Å²) in [7, 11) is -6.82. The van der Waals surface area contributed by atoms with Crippen LogP contribution in [0.15, 0.2) is 120 Å². The summed E-state index contributed by atoms with van der Waals surface area (Å²) in [6.45, 7) is -0.173. The van der Waals surface area contributed by atoms with E-state index < -0.39 is 80.8 Å². The number of carbonyl (C=O) groups is 4. The van der Waals surface area contributed by atoms with Crippen LogP contribution in [0.25, 0.3) is 0 Å². The molecule has 0 bridgehead atoms. The Labute approximate surface area is 389 Å². The molecule has 0 aliphatic carbocycles. The van der Waals surface area contributed by atoms with Crippen molar-refractivity contribution in [2.24, 2.45) is 17.2 Å². The number of primary amides is 1. The van der Waals surface area contributed by atoms with Gasteiger partial charge in [-0.15, -0.1) is 0 Å². The van der Waals surface area contributed by atoms with E-state index in [9.17, 15) is 36.0 Å². The molecular weight excluding hydrogens is 883 g/mol. The number of nitrogens with one attached hydrogen (secondary N) is 4. The highest BCUT2D eigenvalue weighted by molar-refractivity contribution is 7.89. The van der Waals surface area contributed by atoms with E-state index in [-0.39, 0.29) is 49.7 Å². The molecule has 66 heavy (non-hydrogen) atoms. The molecule has 0 spiro atoms. The summed E-state index contributed by atoms with van der Waals surface area (Å²) >= 11 is 0. The maximum atomic E-state index is 14.3. The molecule has 0 heterocycles. The van der Waals surface area contributed by atoms with Crippen molar-refractivity contribution < 1.29 is 36.0 Å². The van der Waals surface area contributed by atoms with E-state index in [4.69, 9.17) is 17.2 Å². The topological polar surface area (TPSA) is 269 Å². The van der Waals surface area contributed by atoms with Crippen molar-refractivity contribution in [1.82, 2.24) is 29.9 Å². The minimum absolute atomic E-state index is 0.0696. The zero-order chi connectivity index (χ0) is 48.1. The van der Waals surface area contributed by atoms with Crippen molar-refractivity contribution in [2.75, 3.05) is 52.1 Å². The molecular formula is C47H65N9O8S2. The van der Waals surface area contributed by atoms with Gasteiger partial charge in [0.25, 0.3) is 0 Å². The van der Waals surface area contributed by atoms with Crippen LogP contribution in [0.3, 0.4) is 0 Å². The number of amides is 4. The van der Waals surface area contributed by atoms with Gasteiger partial charge in [0.1, 0.15) is 6.04 Å². The Balaban J connectivity index is 1.62. The second kappa shape index (κ2) is 26.6. The van der Waals surface area contributed by atoms with Crippen LogP contribution in [0.5, 0.6) is 0 Å². The SMILES string of the molecule is CN[C@@H](Cc1ccccc1)C(=O)NC(Cc1ccccc1)CN(CC(=O)N[C@@H](CCCCN)C(=O)N[C@@H](Cc1ccccc1)CN(CC(N)=O)S(=O)(=O)c1ccc(C)cc1)S(=O)(=O)CCN. The van der Waals surface area contributed by atoms with E-state index in [1.54, 1.807) is 56.4 Å². The van der Waals surface area contributed by atoms with Crippen LogP contribution in [0, 0.1) is 6.92 Å². The van der Waals surface area contributed by atoms with Gasteiger partial charge in [-0.25, -0.2) is 16.8 Å². The van der Waals surface area contributed by atoms with E-state index in [1.807, 2.05) is 60.7 Å². The molecule has 0 radical (unpaired) electrons. The van der Waals surface area contributed by atoms with Gasteiger partial charge in [0.2, 0.25) is 43.7 Å². The lowest BCUT2D eigenvalue weighted by atomic mass is 10.0. The molecule has 0 fully saturated rings. The number of unbranched alkanes of at least 4 members (excludes halogenated alkanes) is 1. The maximum absolute atomic E-state index is 14.3. The summed E-state index contributed by atoms with van der Waals surface area (Å²) in [5.74, 6) is -3.24. The van der Waals surface area contributed by atoms with Crippen LogP contribution >= 0.6 is 0 Å². The summed E-state index contributed by atoms with van der Waals surface area (Å²) in [6.07, 6.45) is 1.74. The van der Waals surface area contributed by atoms with Crippen molar-refractivity contribution in [3.8, 4) is 0 Å². The summed E-state index contributed by atoms with van der Waals surface area (Å²) in [5.41, 5.74) is 20.4. The average molecular weight is 948 g/mol. The van der Waals surface area contributed by atoms with Crippen LogP contribution in [-0.2, 0) is 58.5 Å². The average Bonchev–Trinajstić information content (AvgIpc) is 3.28. The summed E-state index contributed by atoms with van der Waals surface area (Å²) in [6, 6.07) is 30.1. The lowest BCUT2D eigenvalue weighted by Gasteiger charge is -2.30. The molecule has 1 unspecified atom stereocenters.